The van der Waals surface area contributed by atoms with Gasteiger partial charge in [0.05, 0.1) is 13.2 Å². The van der Waals surface area contributed by atoms with Crippen molar-refractivity contribution in [2.75, 3.05) is 65.7 Å². The van der Waals surface area contributed by atoms with Crippen LogP contribution in [0.4, 0.5) is 4.79 Å². The van der Waals surface area contributed by atoms with Gasteiger partial charge in [-0.05, 0) is 38.6 Å². The van der Waals surface area contributed by atoms with Gasteiger partial charge in [0.15, 0.2) is 0 Å². The average Bonchev–Trinajstić information content (AvgIpc) is 3.24. The van der Waals surface area contributed by atoms with E-state index in [2.05, 4.69) is 9.80 Å². The largest absolute Gasteiger partial charge is 0.381 e. The molecule has 6 heteroatoms. The minimum absolute atomic E-state index is 0.129. The van der Waals surface area contributed by atoms with E-state index in [4.69, 9.17) is 9.47 Å². The van der Waals surface area contributed by atoms with Gasteiger partial charge in [-0.15, -0.1) is 0 Å². The first-order chi connectivity index (χ1) is 11.8. The van der Waals surface area contributed by atoms with Crippen LogP contribution in [0.3, 0.4) is 0 Å². The molecule has 0 bridgehead atoms. The highest BCUT2D eigenvalue weighted by Crippen LogP contribution is 2.36. The second-order valence-corrected chi connectivity index (χ2v) is 8.01. The lowest BCUT2D eigenvalue weighted by Gasteiger charge is -2.36. The van der Waals surface area contributed by atoms with Crippen LogP contribution in [0.25, 0.3) is 0 Å². The Bertz CT molecular complexity index is 449. The lowest BCUT2D eigenvalue weighted by Crippen LogP contribution is -2.48. The summed E-state index contributed by atoms with van der Waals surface area (Å²) in [5, 5.41) is 0. The number of likely N-dealkylation sites (tertiary alicyclic amines) is 2. The predicted octanol–water partition coefficient (Wildman–Crippen LogP) is 1.41. The quantitative estimate of drug-likeness (QED) is 0.726. The van der Waals surface area contributed by atoms with Gasteiger partial charge in [-0.25, -0.2) is 4.79 Å². The Morgan fingerprint density at radius 1 is 0.875 bits per heavy atom. The highest BCUT2D eigenvalue weighted by Gasteiger charge is 2.44. The lowest BCUT2D eigenvalue weighted by molar-refractivity contribution is 0.0289. The summed E-state index contributed by atoms with van der Waals surface area (Å²) in [5.41, 5.74) is 0.129. The number of amides is 2. The van der Waals surface area contributed by atoms with Crippen molar-refractivity contribution < 1.29 is 14.3 Å². The number of hydrogen-bond acceptors (Lipinski definition) is 4. The van der Waals surface area contributed by atoms with Crippen molar-refractivity contribution in [2.24, 2.45) is 5.41 Å². The minimum Gasteiger partial charge on any atom is -0.381 e. The number of nitrogens with zero attached hydrogens (tertiary/aromatic N) is 3. The van der Waals surface area contributed by atoms with E-state index in [1.807, 2.05) is 4.90 Å². The third-order valence-electron chi connectivity index (χ3n) is 6.26. The first-order valence-corrected chi connectivity index (χ1v) is 9.69. The zero-order valence-electron chi connectivity index (χ0n) is 14.8. The molecule has 4 aliphatic rings. The Morgan fingerprint density at radius 2 is 1.67 bits per heavy atom. The topological polar surface area (TPSA) is 45.2 Å². The molecule has 2 amide bonds. The summed E-state index contributed by atoms with van der Waals surface area (Å²) in [4.78, 5) is 19.6. The number of rotatable bonds is 1. The van der Waals surface area contributed by atoms with Crippen LogP contribution in [0.2, 0.25) is 0 Å². The molecule has 136 valence electrons. The van der Waals surface area contributed by atoms with Crippen molar-refractivity contribution in [3.8, 4) is 0 Å². The van der Waals surface area contributed by atoms with E-state index >= 15 is 0 Å². The fourth-order valence-electron chi connectivity index (χ4n) is 4.84. The molecule has 6 nitrogen and oxygen atoms in total. The number of ether oxygens (including phenoxy) is 2. The SMILES string of the molecule is O=C(N1CCCC1)N1CCOCC2(CCN(C3CCOCC3)C2)C1. The molecule has 0 saturated carbocycles. The molecule has 0 aromatic heterocycles. The Hall–Kier alpha value is -0.850. The maximum absolute atomic E-state index is 12.8. The predicted molar refractivity (Wildman–Crippen MR) is 91.1 cm³/mol. The van der Waals surface area contributed by atoms with Gasteiger partial charge in [0.2, 0.25) is 0 Å². The van der Waals surface area contributed by atoms with E-state index in [-0.39, 0.29) is 11.4 Å². The van der Waals surface area contributed by atoms with Crippen LogP contribution in [-0.4, -0.2) is 92.5 Å². The number of carbonyl (C=O) groups is 1. The van der Waals surface area contributed by atoms with Crippen LogP contribution in [0.1, 0.15) is 32.1 Å². The number of hydrogen-bond donors (Lipinski definition) is 0. The molecule has 4 rings (SSSR count). The van der Waals surface area contributed by atoms with Crippen LogP contribution >= 0.6 is 0 Å². The third kappa shape index (κ3) is 3.41. The van der Waals surface area contributed by atoms with E-state index < -0.39 is 0 Å². The molecule has 0 aliphatic carbocycles. The normalized spacial score (nSPS) is 33.3. The van der Waals surface area contributed by atoms with E-state index in [1.54, 1.807) is 0 Å². The maximum atomic E-state index is 12.8. The van der Waals surface area contributed by atoms with Crippen molar-refractivity contribution in [2.45, 2.75) is 38.1 Å². The molecule has 0 aromatic rings. The van der Waals surface area contributed by atoms with Gasteiger partial charge >= 0.3 is 6.03 Å². The van der Waals surface area contributed by atoms with Gasteiger partial charge in [-0.3, -0.25) is 4.90 Å². The zero-order valence-corrected chi connectivity index (χ0v) is 14.8. The van der Waals surface area contributed by atoms with Crippen LogP contribution in [0.15, 0.2) is 0 Å². The van der Waals surface area contributed by atoms with Crippen LogP contribution in [0.5, 0.6) is 0 Å². The Balaban J connectivity index is 1.41. The standard InChI is InChI=1S/C18H31N3O3/c22-17(19-6-1-2-7-19)21-9-12-24-15-18(14-21)5-8-20(13-18)16-3-10-23-11-4-16/h16H,1-15H2. The molecule has 24 heavy (non-hydrogen) atoms. The van der Waals surface area contributed by atoms with Gasteiger partial charge in [0.1, 0.15) is 0 Å². The molecule has 1 spiro atoms. The maximum Gasteiger partial charge on any atom is 0.320 e. The van der Waals surface area contributed by atoms with E-state index in [1.165, 1.54) is 0 Å². The Labute approximate surface area is 145 Å². The molecule has 4 fully saturated rings. The number of urea groups is 1. The molecule has 0 radical (unpaired) electrons. The van der Waals surface area contributed by atoms with Crippen molar-refractivity contribution >= 4 is 6.03 Å². The van der Waals surface area contributed by atoms with E-state index in [9.17, 15) is 4.79 Å². The highest BCUT2D eigenvalue weighted by atomic mass is 16.5. The monoisotopic (exact) mass is 337 g/mol. The molecular formula is C18H31N3O3. The summed E-state index contributed by atoms with van der Waals surface area (Å²) < 4.78 is 11.5. The van der Waals surface area contributed by atoms with Gasteiger partial charge in [-0.2, -0.15) is 0 Å². The van der Waals surface area contributed by atoms with Crippen molar-refractivity contribution in [3.63, 3.8) is 0 Å². The fraction of sp³-hybridized carbons (Fsp3) is 0.944. The van der Waals surface area contributed by atoms with Gasteiger partial charge < -0.3 is 19.3 Å². The summed E-state index contributed by atoms with van der Waals surface area (Å²) in [5.74, 6) is 0. The minimum atomic E-state index is 0.129. The molecule has 4 heterocycles. The molecule has 4 aliphatic heterocycles. The second kappa shape index (κ2) is 7.18. The third-order valence-corrected chi connectivity index (χ3v) is 6.26. The van der Waals surface area contributed by atoms with Crippen LogP contribution < -0.4 is 0 Å². The van der Waals surface area contributed by atoms with Crippen LogP contribution in [-0.2, 0) is 9.47 Å². The Kier molecular flexibility index (Phi) is 4.97. The summed E-state index contributed by atoms with van der Waals surface area (Å²) in [6, 6.07) is 0.894. The van der Waals surface area contributed by atoms with Gasteiger partial charge in [0, 0.05) is 57.4 Å². The lowest BCUT2D eigenvalue weighted by atomic mass is 9.87. The first-order valence-electron chi connectivity index (χ1n) is 9.69. The molecule has 0 aromatic carbocycles. The van der Waals surface area contributed by atoms with Gasteiger partial charge in [0.25, 0.3) is 0 Å². The van der Waals surface area contributed by atoms with E-state index in [0.717, 1.165) is 91.2 Å². The fourth-order valence-corrected chi connectivity index (χ4v) is 4.84. The molecule has 1 atom stereocenters. The summed E-state index contributed by atoms with van der Waals surface area (Å²) >= 11 is 0. The van der Waals surface area contributed by atoms with Crippen molar-refractivity contribution in [1.82, 2.24) is 14.7 Å². The second-order valence-electron chi connectivity index (χ2n) is 8.01. The van der Waals surface area contributed by atoms with Crippen LogP contribution in [0, 0.1) is 5.41 Å². The molecule has 1 unspecified atom stereocenters. The molecule has 0 N–H and O–H groups in total. The van der Waals surface area contributed by atoms with Crippen molar-refractivity contribution in [3.05, 3.63) is 0 Å². The first kappa shape index (κ1) is 16.6. The zero-order chi connectivity index (χ0) is 16.4. The molecular weight excluding hydrogens is 306 g/mol. The molecule has 4 saturated heterocycles. The smallest absolute Gasteiger partial charge is 0.320 e. The highest BCUT2D eigenvalue weighted by molar-refractivity contribution is 5.74. The summed E-state index contributed by atoms with van der Waals surface area (Å²) in [6.07, 6.45) is 5.74. The Morgan fingerprint density at radius 3 is 2.46 bits per heavy atom. The van der Waals surface area contributed by atoms with E-state index in [0.29, 0.717) is 12.6 Å². The number of carbonyl (C=O) groups excluding carboxylic acids is 1. The summed E-state index contributed by atoms with van der Waals surface area (Å²) in [7, 11) is 0. The van der Waals surface area contributed by atoms with Gasteiger partial charge in [-0.1, -0.05) is 0 Å². The summed E-state index contributed by atoms with van der Waals surface area (Å²) in [6.45, 7) is 8.94. The van der Waals surface area contributed by atoms with Crippen molar-refractivity contribution in [1.29, 1.82) is 0 Å². The average molecular weight is 337 g/mol.